The van der Waals surface area contributed by atoms with E-state index in [1.165, 1.54) is 17.5 Å². The number of aromatic hydroxyl groups is 1. The number of hydrogen-bond acceptors (Lipinski definition) is 3. The van der Waals surface area contributed by atoms with Crippen LogP contribution in [0.4, 0.5) is 0 Å². The highest BCUT2D eigenvalue weighted by Crippen LogP contribution is 2.34. The molecule has 0 spiro atoms. The van der Waals surface area contributed by atoms with Crippen LogP contribution in [0.15, 0.2) is 18.2 Å². The van der Waals surface area contributed by atoms with Gasteiger partial charge in [0.2, 0.25) is 0 Å². The minimum absolute atomic E-state index is 0.384. The number of fused-ring (bicyclic) bond motifs is 1. The number of phenolic OH excluding ortho intramolecular Hbond substituents is 1. The van der Waals surface area contributed by atoms with Gasteiger partial charge in [0.15, 0.2) is 0 Å². The molecule has 1 heterocycles. The predicted octanol–water partition coefficient (Wildman–Crippen LogP) is 2.78. The molecule has 0 amide bonds. The minimum Gasteiger partial charge on any atom is -0.508 e. The SMILES string of the molecule is CCC1OCCC1CNC1CCc2cc(O)ccc21. The molecule has 0 radical (unpaired) electrons. The molecule has 3 unspecified atom stereocenters. The Morgan fingerprint density at radius 3 is 3.11 bits per heavy atom. The number of nitrogens with one attached hydrogen (secondary N) is 1. The van der Waals surface area contributed by atoms with Gasteiger partial charge in [-0.15, -0.1) is 0 Å². The lowest BCUT2D eigenvalue weighted by Crippen LogP contribution is -2.30. The van der Waals surface area contributed by atoms with E-state index in [0.29, 0.717) is 23.8 Å². The van der Waals surface area contributed by atoms with E-state index in [0.717, 1.165) is 32.4 Å². The molecule has 1 saturated heterocycles. The van der Waals surface area contributed by atoms with Gasteiger partial charge < -0.3 is 15.2 Å². The molecular formula is C16H23NO2. The summed E-state index contributed by atoms with van der Waals surface area (Å²) in [5.41, 5.74) is 2.66. The Bertz CT molecular complexity index is 446. The highest BCUT2D eigenvalue weighted by Gasteiger charge is 2.28. The van der Waals surface area contributed by atoms with Crippen LogP contribution in [-0.4, -0.2) is 24.4 Å². The Morgan fingerprint density at radius 1 is 1.37 bits per heavy atom. The Hall–Kier alpha value is -1.06. The maximum absolute atomic E-state index is 9.51. The van der Waals surface area contributed by atoms with Gasteiger partial charge in [0.05, 0.1) is 6.10 Å². The lowest BCUT2D eigenvalue weighted by molar-refractivity contribution is 0.0866. The second-order valence-electron chi connectivity index (χ2n) is 5.75. The van der Waals surface area contributed by atoms with Gasteiger partial charge in [-0.2, -0.15) is 0 Å². The summed E-state index contributed by atoms with van der Waals surface area (Å²) in [4.78, 5) is 0. The van der Waals surface area contributed by atoms with Gasteiger partial charge in [0.1, 0.15) is 5.75 Å². The predicted molar refractivity (Wildman–Crippen MR) is 75.3 cm³/mol. The van der Waals surface area contributed by atoms with Crippen LogP contribution in [0.3, 0.4) is 0 Å². The molecule has 104 valence electrons. The zero-order chi connectivity index (χ0) is 13.2. The lowest BCUT2D eigenvalue weighted by Gasteiger charge is -2.21. The van der Waals surface area contributed by atoms with Gasteiger partial charge in [0, 0.05) is 19.2 Å². The molecule has 1 aliphatic carbocycles. The topological polar surface area (TPSA) is 41.5 Å². The van der Waals surface area contributed by atoms with Crippen LogP contribution in [0.2, 0.25) is 0 Å². The molecule has 2 N–H and O–H groups in total. The standard InChI is InChI=1S/C16H23NO2/c1-2-16-12(7-8-19-16)10-17-15-6-3-11-9-13(18)4-5-14(11)15/h4-5,9,12,15-18H,2-3,6-8,10H2,1H3. The van der Waals surface area contributed by atoms with Crippen LogP contribution in [0.5, 0.6) is 5.75 Å². The smallest absolute Gasteiger partial charge is 0.115 e. The Labute approximate surface area is 115 Å². The Balaban J connectivity index is 1.61. The Morgan fingerprint density at radius 2 is 2.26 bits per heavy atom. The van der Waals surface area contributed by atoms with Gasteiger partial charge in [-0.1, -0.05) is 13.0 Å². The van der Waals surface area contributed by atoms with Crippen molar-refractivity contribution >= 4 is 0 Å². The number of ether oxygens (including phenoxy) is 1. The van der Waals surface area contributed by atoms with Crippen molar-refractivity contribution in [3.63, 3.8) is 0 Å². The fourth-order valence-electron chi connectivity index (χ4n) is 3.49. The third-order valence-corrected chi connectivity index (χ3v) is 4.58. The summed E-state index contributed by atoms with van der Waals surface area (Å²) in [5.74, 6) is 1.04. The second kappa shape index (κ2) is 5.51. The molecule has 3 nitrogen and oxygen atoms in total. The van der Waals surface area contributed by atoms with E-state index in [-0.39, 0.29) is 0 Å². The van der Waals surface area contributed by atoms with Gasteiger partial charge in [0.25, 0.3) is 0 Å². The van der Waals surface area contributed by atoms with Crippen molar-refractivity contribution in [3.8, 4) is 5.75 Å². The summed E-state index contributed by atoms with van der Waals surface area (Å²) >= 11 is 0. The molecule has 1 fully saturated rings. The third kappa shape index (κ3) is 2.63. The number of hydrogen-bond donors (Lipinski definition) is 2. The fraction of sp³-hybridized carbons (Fsp3) is 0.625. The van der Waals surface area contributed by atoms with E-state index < -0.39 is 0 Å². The number of phenols is 1. The van der Waals surface area contributed by atoms with Crippen molar-refractivity contribution in [2.45, 2.75) is 44.8 Å². The van der Waals surface area contributed by atoms with E-state index in [1.54, 1.807) is 6.07 Å². The van der Waals surface area contributed by atoms with Crippen molar-refractivity contribution in [2.75, 3.05) is 13.2 Å². The average molecular weight is 261 g/mol. The van der Waals surface area contributed by atoms with Crippen molar-refractivity contribution < 1.29 is 9.84 Å². The highest BCUT2D eigenvalue weighted by atomic mass is 16.5. The summed E-state index contributed by atoms with van der Waals surface area (Å²) in [6.07, 6.45) is 4.94. The van der Waals surface area contributed by atoms with E-state index in [9.17, 15) is 5.11 Å². The maximum Gasteiger partial charge on any atom is 0.115 e. The van der Waals surface area contributed by atoms with E-state index in [2.05, 4.69) is 18.3 Å². The van der Waals surface area contributed by atoms with Crippen LogP contribution in [-0.2, 0) is 11.2 Å². The first-order valence-electron chi connectivity index (χ1n) is 7.44. The van der Waals surface area contributed by atoms with Crippen LogP contribution in [0, 0.1) is 5.92 Å². The first kappa shape index (κ1) is 12.9. The molecule has 1 aromatic carbocycles. The largest absolute Gasteiger partial charge is 0.508 e. The molecule has 1 aromatic rings. The van der Waals surface area contributed by atoms with Gasteiger partial charge in [-0.3, -0.25) is 0 Å². The molecule has 1 aliphatic heterocycles. The normalized spacial score (nSPS) is 29.6. The summed E-state index contributed by atoms with van der Waals surface area (Å²) in [5, 5.41) is 13.2. The number of aryl methyl sites for hydroxylation is 1. The Kier molecular flexibility index (Phi) is 3.76. The summed E-state index contributed by atoms with van der Waals surface area (Å²) < 4.78 is 5.74. The van der Waals surface area contributed by atoms with Crippen molar-refractivity contribution in [2.24, 2.45) is 5.92 Å². The van der Waals surface area contributed by atoms with Crippen molar-refractivity contribution in [1.82, 2.24) is 5.32 Å². The van der Waals surface area contributed by atoms with Crippen molar-refractivity contribution in [1.29, 1.82) is 0 Å². The molecule has 0 aromatic heterocycles. The van der Waals surface area contributed by atoms with E-state index in [4.69, 9.17) is 4.74 Å². The summed E-state index contributed by atoms with van der Waals surface area (Å²) in [6.45, 7) is 4.17. The molecule has 19 heavy (non-hydrogen) atoms. The van der Waals surface area contributed by atoms with Gasteiger partial charge in [-0.25, -0.2) is 0 Å². The highest BCUT2D eigenvalue weighted by molar-refractivity contribution is 5.40. The molecular weight excluding hydrogens is 238 g/mol. The zero-order valence-corrected chi connectivity index (χ0v) is 11.6. The van der Waals surface area contributed by atoms with Crippen LogP contribution < -0.4 is 5.32 Å². The minimum atomic E-state index is 0.384. The van der Waals surface area contributed by atoms with Crippen LogP contribution in [0.1, 0.15) is 43.4 Å². The first-order valence-corrected chi connectivity index (χ1v) is 7.44. The molecule has 3 heteroatoms. The molecule has 0 bridgehead atoms. The monoisotopic (exact) mass is 261 g/mol. The molecule has 2 aliphatic rings. The second-order valence-corrected chi connectivity index (χ2v) is 5.75. The fourth-order valence-corrected chi connectivity index (χ4v) is 3.49. The average Bonchev–Trinajstić information content (AvgIpc) is 3.01. The van der Waals surface area contributed by atoms with E-state index >= 15 is 0 Å². The van der Waals surface area contributed by atoms with Crippen molar-refractivity contribution in [3.05, 3.63) is 29.3 Å². The summed E-state index contributed by atoms with van der Waals surface area (Å²) in [6, 6.07) is 6.23. The van der Waals surface area contributed by atoms with E-state index in [1.807, 2.05) is 6.07 Å². The summed E-state index contributed by atoms with van der Waals surface area (Å²) in [7, 11) is 0. The van der Waals surface area contributed by atoms with Gasteiger partial charge in [-0.05, 0) is 54.9 Å². The first-order chi connectivity index (χ1) is 9.28. The van der Waals surface area contributed by atoms with Crippen LogP contribution >= 0.6 is 0 Å². The quantitative estimate of drug-likeness (QED) is 0.875. The lowest BCUT2D eigenvalue weighted by atomic mass is 9.98. The number of rotatable bonds is 4. The zero-order valence-electron chi connectivity index (χ0n) is 11.6. The van der Waals surface area contributed by atoms with Crippen LogP contribution in [0.25, 0.3) is 0 Å². The number of benzene rings is 1. The molecule has 3 rings (SSSR count). The third-order valence-electron chi connectivity index (χ3n) is 4.58. The molecule has 3 atom stereocenters. The maximum atomic E-state index is 9.51. The van der Waals surface area contributed by atoms with Gasteiger partial charge >= 0.3 is 0 Å². The molecule has 0 saturated carbocycles.